The van der Waals surface area contributed by atoms with Gasteiger partial charge in [0.2, 0.25) is 0 Å². The van der Waals surface area contributed by atoms with Crippen LogP contribution < -0.4 is 27.0 Å². The number of hydrogen-bond acceptors (Lipinski definition) is 7. The molecule has 1 aliphatic heterocycles. The Kier molecular flexibility index (Phi) is 11.7. The summed E-state index contributed by atoms with van der Waals surface area (Å²) in [6.07, 6.45) is 7.03. The third-order valence-corrected chi connectivity index (χ3v) is 7.23. The highest BCUT2D eigenvalue weighted by Crippen LogP contribution is 2.33. The average Bonchev–Trinajstić information content (AvgIpc) is 3.41. The fourth-order valence-electron chi connectivity index (χ4n) is 4.90. The second kappa shape index (κ2) is 15.2. The zero-order valence-electron chi connectivity index (χ0n) is 25.2. The summed E-state index contributed by atoms with van der Waals surface area (Å²) in [6, 6.07) is 8.03. The summed E-state index contributed by atoms with van der Waals surface area (Å²) < 4.78 is 29.5. The van der Waals surface area contributed by atoms with Crippen LogP contribution in [0.4, 0.5) is 20.2 Å². The van der Waals surface area contributed by atoms with Crippen molar-refractivity contribution in [1.82, 2.24) is 15.5 Å². The number of carbonyl (C=O) groups excluding carboxylic acids is 1. The number of nitrogens with one attached hydrogen (secondary N) is 4. The van der Waals surface area contributed by atoms with Crippen LogP contribution in [-0.4, -0.2) is 49.4 Å². The number of nitrogens with two attached hydrogens (primary N) is 1. The number of benzene rings is 2. The van der Waals surface area contributed by atoms with Crippen LogP contribution in [0, 0.1) is 11.6 Å². The SMILES string of the molecule is C=C(Nc1ccc(C(=O)NCCN/C(=C\C)C(N)CC)c(CC)c1)C1=NCC(c2ccc(NC)c(F)c2F)N1/C=C\C. The highest BCUT2D eigenvalue weighted by Gasteiger charge is 2.32. The molecule has 1 amide bonds. The van der Waals surface area contributed by atoms with E-state index in [4.69, 9.17) is 5.73 Å². The van der Waals surface area contributed by atoms with E-state index >= 15 is 0 Å². The maximum atomic E-state index is 15.0. The molecule has 2 unspecified atom stereocenters. The number of anilines is 2. The third kappa shape index (κ3) is 7.36. The molecule has 3 rings (SSSR count). The molecule has 1 heterocycles. The van der Waals surface area contributed by atoms with Crippen molar-refractivity contribution in [3.05, 3.63) is 95.0 Å². The van der Waals surface area contributed by atoms with Crippen molar-refractivity contribution in [2.45, 2.75) is 52.6 Å². The van der Waals surface area contributed by atoms with Crippen LogP contribution in [0.2, 0.25) is 0 Å². The van der Waals surface area contributed by atoms with Crippen molar-refractivity contribution in [2.75, 3.05) is 37.3 Å². The Morgan fingerprint density at radius 2 is 1.90 bits per heavy atom. The lowest BCUT2D eigenvalue weighted by Gasteiger charge is -2.26. The zero-order valence-corrected chi connectivity index (χ0v) is 25.2. The first-order valence-corrected chi connectivity index (χ1v) is 14.3. The molecule has 0 aliphatic carbocycles. The fourth-order valence-corrected chi connectivity index (χ4v) is 4.90. The number of amides is 1. The molecule has 0 fully saturated rings. The smallest absolute Gasteiger partial charge is 0.251 e. The highest BCUT2D eigenvalue weighted by atomic mass is 19.2. The minimum Gasteiger partial charge on any atom is -0.386 e. The molecule has 0 radical (unpaired) electrons. The lowest BCUT2D eigenvalue weighted by molar-refractivity contribution is 0.0953. The van der Waals surface area contributed by atoms with E-state index in [1.165, 1.54) is 6.07 Å². The van der Waals surface area contributed by atoms with E-state index in [1.54, 1.807) is 30.3 Å². The molecule has 2 aromatic carbocycles. The van der Waals surface area contributed by atoms with Gasteiger partial charge in [-0.3, -0.25) is 9.79 Å². The van der Waals surface area contributed by atoms with Crippen molar-refractivity contribution in [1.29, 1.82) is 0 Å². The van der Waals surface area contributed by atoms with Gasteiger partial charge in [0.05, 0.1) is 24.0 Å². The van der Waals surface area contributed by atoms with Crippen LogP contribution in [0.15, 0.2) is 71.6 Å². The minimum absolute atomic E-state index is 0.0487. The van der Waals surface area contributed by atoms with Crippen LogP contribution in [0.5, 0.6) is 0 Å². The number of allylic oxidation sites excluding steroid dienone is 2. The van der Waals surface area contributed by atoms with Gasteiger partial charge in [0.1, 0.15) is 0 Å². The number of halogens is 2. The van der Waals surface area contributed by atoms with Gasteiger partial charge >= 0.3 is 0 Å². The summed E-state index contributed by atoms with van der Waals surface area (Å²) in [5, 5.41) is 12.2. The van der Waals surface area contributed by atoms with Crippen LogP contribution in [-0.2, 0) is 6.42 Å². The van der Waals surface area contributed by atoms with E-state index in [-0.39, 0.29) is 29.7 Å². The molecule has 0 aromatic heterocycles. The summed E-state index contributed by atoms with van der Waals surface area (Å²) >= 11 is 0. The molecule has 2 aromatic rings. The van der Waals surface area contributed by atoms with E-state index in [9.17, 15) is 13.6 Å². The summed E-state index contributed by atoms with van der Waals surface area (Å²) in [5.41, 5.74) is 10.1. The summed E-state index contributed by atoms with van der Waals surface area (Å²) in [7, 11) is 1.54. The molecular weight excluding hydrogens is 536 g/mol. The van der Waals surface area contributed by atoms with E-state index in [1.807, 2.05) is 52.0 Å². The van der Waals surface area contributed by atoms with E-state index < -0.39 is 17.7 Å². The predicted octanol–water partition coefficient (Wildman–Crippen LogP) is 5.44. The van der Waals surface area contributed by atoms with Gasteiger partial charge in [0.25, 0.3) is 5.91 Å². The number of carbonyl (C=O) groups is 1. The number of amidine groups is 1. The largest absolute Gasteiger partial charge is 0.386 e. The Morgan fingerprint density at radius 3 is 2.55 bits per heavy atom. The van der Waals surface area contributed by atoms with Gasteiger partial charge in [-0.2, -0.15) is 0 Å². The quantitative estimate of drug-likeness (QED) is 0.191. The first-order chi connectivity index (χ1) is 20.2. The third-order valence-electron chi connectivity index (χ3n) is 7.23. The molecule has 226 valence electrons. The molecule has 0 saturated carbocycles. The number of aliphatic imine (C=N–C) groups is 1. The number of aryl methyl sites for hydroxylation is 1. The van der Waals surface area contributed by atoms with Gasteiger partial charge in [-0.15, -0.1) is 0 Å². The fraction of sp³-hybridized carbons (Fsp3) is 0.375. The molecule has 0 spiro atoms. The molecule has 6 N–H and O–H groups in total. The van der Waals surface area contributed by atoms with Gasteiger partial charge in [-0.1, -0.05) is 38.6 Å². The molecule has 42 heavy (non-hydrogen) atoms. The Labute approximate surface area is 247 Å². The van der Waals surface area contributed by atoms with Crippen LogP contribution >= 0.6 is 0 Å². The standard InChI is InChI=1S/C32H43F2N7O/c1-7-17-41-28(24-13-14-27(36-6)30(34)29(24)33)19-39-31(41)20(5)40-22-11-12-23(21(8-2)18-22)32(42)38-16-15-37-26(10-4)25(35)9-3/h7,10-14,17-18,25,28,36-37,40H,5,8-9,15-16,19,35H2,1-4,6H3,(H,38,42)/b17-7-,26-10-. The molecule has 8 nitrogen and oxygen atoms in total. The van der Waals surface area contributed by atoms with Crippen LogP contribution in [0.3, 0.4) is 0 Å². The molecule has 10 heteroatoms. The highest BCUT2D eigenvalue weighted by molar-refractivity contribution is 6.02. The van der Waals surface area contributed by atoms with Gasteiger partial charge in [-0.05, 0) is 56.5 Å². The first kappa shape index (κ1) is 32.3. The van der Waals surface area contributed by atoms with Gasteiger partial charge in [0.15, 0.2) is 17.5 Å². The predicted molar refractivity (Wildman–Crippen MR) is 169 cm³/mol. The lowest BCUT2D eigenvalue weighted by atomic mass is 10.0. The Balaban J connectivity index is 1.69. The van der Waals surface area contributed by atoms with Crippen molar-refractivity contribution in [3.63, 3.8) is 0 Å². The normalized spacial score (nSPS) is 15.9. The summed E-state index contributed by atoms with van der Waals surface area (Å²) in [6.45, 7) is 13.2. The monoisotopic (exact) mass is 579 g/mol. The second-order valence-electron chi connectivity index (χ2n) is 9.92. The number of rotatable bonds is 14. The number of nitrogens with zero attached hydrogens (tertiary/aromatic N) is 2. The van der Waals surface area contributed by atoms with Gasteiger partial charge in [0, 0.05) is 54.9 Å². The molecule has 2 atom stereocenters. The topological polar surface area (TPSA) is 107 Å². The molecule has 1 aliphatic rings. The van der Waals surface area contributed by atoms with Crippen molar-refractivity contribution < 1.29 is 13.6 Å². The molecular formula is C32H43F2N7O. The minimum atomic E-state index is -0.920. The first-order valence-electron chi connectivity index (χ1n) is 14.3. The van der Waals surface area contributed by atoms with E-state index in [0.717, 1.165) is 23.4 Å². The van der Waals surface area contributed by atoms with Gasteiger partial charge < -0.3 is 31.9 Å². The van der Waals surface area contributed by atoms with Gasteiger partial charge in [-0.25, -0.2) is 8.78 Å². The lowest BCUT2D eigenvalue weighted by Crippen LogP contribution is -2.36. The van der Waals surface area contributed by atoms with E-state index in [0.29, 0.717) is 36.6 Å². The molecule has 0 bridgehead atoms. The molecule has 0 saturated heterocycles. The Hall–Kier alpha value is -4.18. The second-order valence-corrected chi connectivity index (χ2v) is 9.92. The average molecular weight is 580 g/mol. The number of hydrogen-bond donors (Lipinski definition) is 5. The Bertz CT molecular complexity index is 1370. The van der Waals surface area contributed by atoms with Crippen molar-refractivity contribution in [2.24, 2.45) is 10.7 Å². The summed E-state index contributed by atoms with van der Waals surface area (Å²) in [4.78, 5) is 19.3. The maximum absolute atomic E-state index is 15.0. The summed E-state index contributed by atoms with van der Waals surface area (Å²) in [5.74, 6) is -1.45. The van der Waals surface area contributed by atoms with Crippen molar-refractivity contribution >= 4 is 23.1 Å². The van der Waals surface area contributed by atoms with Crippen LogP contribution in [0.1, 0.15) is 61.6 Å². The maximum Gasteiger partial charge on any atom is 0.251 e. The zero-order chi connectivity index (χ0) is 30.8. The Morgan fingerprint density at radius 1 is 1.17 bits per heavy atom. The van der Waals surface area contributed by atoms with Crippen molar-refractivity contribution in [3.8, 4) is 0 Å². The van der Waals surface area contributed by atoms with Crippen LogP contribution in [0.25, 0.3) is 0 Å². The van der Waals surface area contributed by atoms with E-state index in [2.05, 4.69) is 32.8 Å².